The molecule has 0 radical (unpaired) electrons. The van der Waals surface area contributed by atoms with Crippen molar-refractivity contribution in [1.82, 2.24) is 14.8 Å². The molecule has 0 saturated heterocycles. The van der Waals surface area contributed by atoms with Gasteiger partial charge in [-0.25, -0.2) is 0 Å². The number of nitrogens with zero attached hydrogens (tertiary/aromatic N) is 3. The van der Waals surface area contributed by atoms with Crippen LogP contribution in [0.25, 0.3) is 5.69 Å². The lowest BCUT2D eigenvalue weighted by molar-refractivity contribution is 0.107. The van der Waals surface area contributed by atoms with Crippen LogP contribution < -0.4 is 0 Å². The number of thioether (sulfide) groups is 1. The molecule has 0 saturated carbocycles. The van der Waals surface area contributed by atoms with Crippen LogP contribution in [0.2, 0.25) is 0 Å². The number of hydrogen-bond acceptors (Lipinski definition) is 4. The number of rotatable bonds is 6. The Kier molecular flexibility index (Phi) is 5.02. The molecule has 0 unspecified atom stereocenters. The SMILES string of the molecule is CC(C)(O)CSc1nnc(Cc2ccccc2)n1-c1ccccc1. The predicted molar refractivity (Wildman–Crippen MR) is 97.6 cm³/mol. The lowest BCUT2D eigenvalue weighted by atomic mass is 10.1. The highest BCUT2D eigenvalue weighted by Gasteiger charge is 2.19. The molecule has 0 bridgehead atoms. The van der Waals surface area contributed by atoms with E-state index in [4.69, 9.17) is 0 Å². The first-order chi connectivity index (χ1) is 11.5. The maximum atomic E-state index is 10.0. The predicted octanol–water partition coefficient (Wildman–Crippen LogP) is 3.72. The summed E-state index contributed by atoms with van der Waals surface area (Å²) < 4.78 is 2.07. The summed E-state index contributed by atoms with van der Waals surface area (Å²) in [5, 5.41) is 19.6. The van der Waals surface area contributed by atoms with E-state index in [-0.39, 0.29) is 0 Å². The third-order valence-electron chi connectivity index (χ3n) is 3.47. The van der Waals surface area contributed by atoms with E-state index >= 15 is 0 Å². The summed E-state index contributed by atoms with van der Waals surface area (Å²) >= 11 is 1.52. The average molecular weight is 339 g/mol. The molecule has 3 aromatic rings. The molecule has 1 heterocycles. The van der Waals surface area contributed by atoms with Crippen molar-refractivity contribution in [3.05, 3.63) is 72.1 Å². The number of para-hydroxylation sites is 1. The zero-order valence-corrected chi connectivity index (χ0v) is 14.7. The standard InChI is InChI=1S/C19H21N3OS/c1-19(2,23)14-24-18-21-20-17(13-15-9-5-3-6-10-15)22(18)16-11-7-4-8-12-16/h3-12,23H,13-14H2,1-2H3. The van der Waals surface area contributed by atoms with Crippen molar-refractivity contribution in [2.45, 2.75) is 31.0 Å². The second-order valence-corrected chi connectivity index (χ2v) is 7.28. The molecule has 0 aliphatic rings. The molecule has 124 valence electrons. The van der Waals surface area contributed by atoms with Crippen LogP contribution in [0.15, 0.2) is 65.8 Å². The van der Waals surface area contributed by atoms with Gasteiger partial charge in [-0.3, -0.25) is 4.57 Å². The molecule has 1 N–H and O–H groups in total. The fourth-order valence-electron chi connectivity index (χ4n) is 2.36. The largest absolute Gasteiger partial charge is 0.390 e. The molecule has 24 heavy (non-hydrogen) atoms. The van der Waals surface area contributed by atoms with Gasteiger partial charge >= 0.3 is 0 Å². The lowest BCUT2D eigenvalue weighted by Crippen LogP contribution is -2.22. The fraction of sp³-hybridized carbons (Fsp3) is 0.263. The van der Waals surface area contributed by atoms with Crippen molar-refractivity contribution in [2.75, 3.05) is 5.75 Å². The third kappa shape index (κ3) is 4.24. The van der Waals surface area contributed by atoms with Crippen LogP contribution in [0, 0.1) is 0 Å². The van der Waals surface area contributed by atoms with Gasteiger partial charge in [-0.1, -0.05) is 60.3 Å². The van der Waals surface area contributed by atoms with Crippen LogP contribution in [0.1, 0.15) is 25.2 Å². The summed E-state index contributed by atoms with van der Waals surface area (Å²) in [7, 11) is 0. The number of aliphatic hydroxyl groups is 1. The molecule has 0 aliphatic carbocycles. The van der Waals surface area contributed by atoms with E-state index in [0.29, 0.717) is 12.2 Å². The lowest BCUT2D eigenvalue weighted by Gasteiger charge is -2.16. The highest BCUT2D eigenvalue weighted by Crippen LogP contribution is 2.26. The van der Waals surface area contributed by atoms with Gasteiger partial charge in [-0.2, -0.15) is 0 Å². The van der Waals surface area contributed by atoms with Crippen LogP contribution in [-0.2, 0) is 6.42 Å². The van der Waals surface area contributed by atoms with E-state index in [1.165, 1.54) is 17.3 Å². The van der Waals surface area contributed by atoms with E-state index in [2.05, 4.69) is 26.9 Å². The van der Waals surface area contributed by atoms with Crippen LogP contribution in [0.5, 0.6) is 0 Å². The number of aromatic nitrogens is 3. The Hall–Kier alpha value is -2.11. The summed E-state index contributed by atoms with van der Waals surface area (Å²) in [5.41, 5.74) is 1.48. The van der Waals surface area contributed by atoms with Gasteiger partial charge in [0.1, 0.15) is 5.82 Å². The first kappa shape index (κ1) is 16.7. The Morgan fingerprint density at radius 1 is 0.958 bits per heavy atom. The minimum Gasteiger partial charge on any atom is -0.390 e. The number of hydrogen-bond donors (Lipinski definition) is 1. The summed E-state index contributed by atoms with van der Waals surface area (Å²) in [6, 6.07) is 20.4. The average Bonchev–Trinajstić information content (AvgIpc) is 2.97. The Morgan fingerprint density at radius 3 is 2.21 bits per heavy atom. The molecular weight excluding hydrogens is 318 g/mol. The second-order valence-electron chi connectivity index (χ2n) is 6.33. The van der Waals surface area contributed by atoms with E-state index < -0.39 is 5.60 Å². The van der Waals surface area contributed by atoms with Crippen molar-refractivity contribution < 1.29 is 5.11 Å². The summed E-state index contributed by atoms with van der Waals surface area (Å²) in [6.45, 7) is 3.60. The quantitative estimate of drug-likeness (QED) is 0.696. The van der Waals surface area contributed by atoms with Crippen molar-refractivity contribution in [3.8, 4) is 5.69 Å². The molecule has 1 aromatic heterocycles. The number of benzene rings is 2. The Balaban J connectivity index is 1.95. The normalized spacial score (nSPS) is 11.6. The molecule has 4 nitrogen and oxygen atoms in total. The molecule has 0 fully saturated rings. The van der Waals surface area contributed by atoms with Gasteiger partial charge in [0.15, 0.2) is 5.16 Å². The summed E-state index contributed by atoms with van der Waals surface area (Å²) in [6.07, 6.45) is 0.714. The molecule has 0 aliphatic heterocycles. The maximum Gasteiger partial charge on any atom is 0.195 e. The van der Waals surface area contributed by atoms with Crippen LogP contribution in [-0.4, -0.2) is 31.2 Å². The Labute approximate surface area is 146 Å². The van der Waals surface area contributed by atoms with Gasteiger partial charge in [-0.05, 0) is 31.5 Å². The van der Waals surface area contributed by atoms with Crippen molar-refractivity contribution in [2.24, 2.45) is 0 Å². The van der Waals surface area contributed by atoms with Gasteiger partial charge in [-0.15, -0.1) is 10.2 Å². The van der Waals surface area contributed by atoms with Crippen LogP contribution >= 0.6 is 11.8 Å². The minimum absolute atomic E-state index is 0.559. The van der Waals surface area contributed by atoms with Crippen molar-refractivity contribution >= 4 is 11.8 Å². The molecule has 0 amide bonds. The van der Waals surface area contributed by atoms with Gasteiger partial charge in [0, 0.05) is 17.9 Å². The third-order valence-corrected chi connectivity index (χ3v) is 4.85. The zero-order valence-electron chi connectivity index (χ0n) is 13.9. The van der Waals surface area contributed by atoms with Gasteiger partial charge in [0.2, 0.25) is 0 Å². The first-order valence-corrected chi connectivity index (χ1v) is 8.90. The molecule has 0 atom stereocenters. The smallest absolute Gasteiger partial charge is 0.195 e. The van der Waals surface area contributed by atoms with Gasteiger partial charge < -0.3 is 5.11 Å². The summed E-state index contributed by atoms with van der Waals surface area (Å²) in [4.78, 5) is 0. The van der Waals surface area contributed by atoms with Crippen LogP contribution in [0.3, 0.4) is 0 Å². The Bertz CT molecular complexity index is 779. The molecule has 5 heteroatoms. The van der Waals surface area contributed by atoms with E-state index in [9.17, 15) is 5.11 Å². The molecule has 0 spiro atoms. The molecule has 3 rings (SSSR count). The Morgan fingerprint density at radius 2 is 1.58 bits per heavy atom. The highest BCUT2D eigenvalue weighted by atomic mass is 32.2. The topological polar surface area (TPSA) is 50.9 Å². The first-order valence-electron chi connectivity index (χ1n) is 7.92. The monoisotopic (exact) mass is 339 g/mol. The van der Waals surface area contributed by atoms with E-state index in [1.54, 1.807) is 13.8 Å². The van der Waals surface area contributed by atoms with Crippen LogP contribution in [0.4, 0.5) is 0 Å². The minimum atomic E-state index is -0.752. The van der Waals surface area contributed by atoms with E-state index in [1.807, 2.05) is 48.5 Å². The van der Waals surface area contributed by atoms with Gasteiger partial charge in [0.05, 0.1) is 5.60 Å². The maximum absolute atomic E-state index is 10.0. The fourth-order valence-corrected chi connectivity index (χ4v) is 3.29. The molecular formula is C19H21N3OS. The van der Waals surface area contributed by atoms with Gasteiger partial charge in [0.25, 0.3) is 0 Å². The van der Waals surface area contributed by atoms with Crippen molar-refractivity contribution in [3.63, 3.8) is 0 Å². The highest BCUT2D eigenvalue weighted by molar-refractivity contribution is 7.99. The molecule has 2 aromatic carbocycles. The second kappa shape index (κ2) is 7.20. The van der Waals surface area contributed by atoms with Crippen molar-refractivity contribution in [1.29, 1.82) is 0 Å². The van der Waals surface area contributed by atoms with E-state index in [0.717, 1.165) is 16.7 Å². The zero-order chi connectivity index (χ0) is 17.0. The summed E-state index contributed by atoms with van der Waals surface area (Å²) in [5.74, 6) is 1.45.